The maximum absolute atomic E-state index is 11.0. The Bertz CT molecular complexity index is 474. The molecule has 0 saturated carbocycles. The Balaban J connectivity index is 2.49. The van der Waals surface area contributed by atoms with Gasteiger partial charge in [0.15, 0.2) is 17.1 Å². The van der Waals surface area contributed by atoms with Crippen LogP contribution >= 0.6 is 11.3 Å². The zero-order valence-corrected chi connectivity index (χ0v) is 9.62. The molecule has 0 aromatic carbocycles. The van der Waals surface area contributed by atoms with Gasteiger partial charge in [0.1, 0.15) is 5.69 Å². The Kier molecular flexibility index (Phi) is 2.73. The summed E-state index contributed by atoms with van der Waals surface area (Å²) in [6.45, 7) is 3.02. The average molecular weight is 223 g/mol. The van der Waals surface area contributed by atoms with Gasteiger partial charge in [-0.3, -0.25) is 9.20 Å². The van der Waals surface area contributed by atoms with Crippen molar-refractivity contribution in [2.45, 2.75) is 13.3 Å². The number of rotatable bonds is 4. The molecule has 0 atom stereocenters. The smallest absolute Gasteiger partial charge is 0.196 e. The van der Waals surface area contributed by atoms with E-state index in [1.165, 1.54) is 11.3 Å². The third-order valence-electron chi connectivity index (χ3n) is 2.31. The molecule has 2 aromatic heterocycles. The van der Waals surface area contributed by atoms with Gasteiger partial charge in [-0.1, -0.05) is 6.92 Å². The van der Waals surface area contributed by atoms with E-state index in [1.54, 1.807) is 0 Å². The second-order valence-corrected chi connectivity index (χ2v) is 4.29. The van der Waals surface area contributed by atoms with Crippen LogP contribution in [0.5, 0.6) is 0 Å². The van der Waals surface area contributed by atoms with Crippen LogP contribution in [0.15, 0.2) is 11.6 Å². The lowest BCUT2D eigenvalue weighted by molar-refractivity contribution is 0.111. The standard InChI is InChI=1S/C10H13N3OS/c1-3-4-12(2)9-8(7-14)13-5-6-15-10(13)11-9/h5-7H,3-4H2,1-2H3. The number of aldehydes is 1. The molecule has 0 fully saturated rings. The summed E-state index contributed by atoms with van der Waals surface area (Å²) in [4.78, 5) is 18.4. The number of hydrogen-bond acceptors (Lipinski definition) is 4. The molecule has 15 heavy (non-hydrogen) atoms. The van der Waals surface area contributed by atoms with Gasteiger partial charge < -0.3 is 4.90 Å². The van der Waals surface area contributed by atoms with Crippen LogP contribution in [-0.2, 0) is 0 Å². The van der Waals surface area contributed by atoms with E-state index in [0.717, 1.165) is 30.0 Å². The summed E-state index contributed by atoms with van der Waals surface area (Å²) in [5.41, 5.74) is 0.641. The fourth-order valence-electron chi connectivity index (χ4n) is 1.62. The van der Waals surface area contributed by atoms with Crippen LogP contribution in [0.4, 0.5) is 5.82 Å². The molecule has 0 N–H and O–H groups in total. The molecule has 0 spiro atoms. The maximum Gasteiger partial charge on any atom is 0.196 e. The van der Waals surface area contributed by atoms with Gasteiger partial charge in [-0.2, -0.15) is 0 Å². The van der Waals surface area contributed by atoms with Crippen molar-refractivity contribution in [3.05, 3.63) is 17.3 Å². The van der Waals surface area contributed by atoms with Crippen molar-refractivity contribution >= 4 is 28.4 Å². The largest absolute Gasteiger partial charge is 0.358 e. The zero-order valence-electron chi connectivity index (χ0n) is 8.80. The van der Waals surface area contributed by atoms with Gasteiger partial charge in [0.2, 0.25) is 0 Å². The van der Waals surface area contributed by atoms with E-state index in [2.05, 4.69) is 11.9 Å². The monoisotopic (exact) mass is 223 g/mol. The molecule has 0 amide bonds. The third-order valence-corrected chi connectivity index (χ3v) is 3.07. The van der Waals surface area contributed by atoms with Crippen LogP contribution in [0.2, 0.25) is 0 Å². The quantitative estimate of drug-likeness (QED) is 0.744. The topological polar surface area (TPSA) is 37.6 Å². The van der Waals surface area contributed by atoms with Crippen molar-refractivity contribution < 1.29 is 4.79 Å². The lowest BCUT2D eigenvalue weighted by Crippen LogP contribution is -2.19. The minimum absolute atomic E-state index is 0.641. The van der Waals surface area contributed by atoms with E-state index < -0.39 is 0 Å². The summed E-state index contributed by atoms with van der Waals surface area (Å²) in [6.07, 6.45) is 3.79. The van der Waals surface area contributed by atoms with Crippen LogP contribution < -0.4 is 4.90 Å². The number of anilines is 1. The van der Waals surface area contributed by atoms with Gasteiger partial charge in [0.25, 0.3) is 0 Å². The normalized spacial score (nSPS) is 10.8. The number of aromatic nitrogens is 2. The molecule has 0 unspecified atom stereocenters. The number of hydrogen-bond donors (Lipinski definition) is 0. The van der Waals surface area contributed by atoms with Crippen LogP contribution in [0.1, 0.15) is 23.8 Å². The van der Waals surface area contributed by atoms with Crippen LogP contribution in [-0.4, -0.2) is 29.3 Å². The molecule has 2 heterocycles. The van der Waals surface area contributed by atoms with Crippen molar-refractivity contribution in [1.29, 1.82) is 0 Å². The van der Waals surface area contributed by atoms with E-state index in [-0.39, 0.29) is 0 Å². The van der Waals surface area contributed by atoms with Crippen molar-refractivity contribution in [2.24, 2.45) is 0 Å². The highest BCUT2D eigenvalue weighted by atomic mass is 32.1. The van der Waals surface area contributed by atoms with Gasteiger partial charge in [0.05, 0.1) is 0 Å². The predicted octanol–water partition coefficient (Wildman–Crippen LogP) is 2.05. The number of thiazole rings is 1. The molecule has 2 aromatic rings. The molecule has 5 heteroatoms. The van der Waals surface area contributed by atoms with E-state index in [0.29, 0.717) is 5.69 Å². The Morgan fingerprint density at radius 2 is 2.47 bits per heavy atom. The second kappa shape index (κ2) is 4.02. The lowest BCUT2D eigenvalue weighted by atomic mass is 10.4. The first-order valence-electron chi connectivity index (χ1n) is 4.89. The number of imidazole rings is 1. The van der Waals surface area contributed by atoms with E-state index in [9.17, 15) is 4.79 Å². The first-order valence-corrected chi connectivity index (χ1v) is 5.77. The van der Waals surface area contributed by atoms with Crippen molar-refractivity contribution in [3.63, 3.8) is 0 Å². The molecule has 80 valence electrons. The van der Waals surface area contributed by atoms with Gasteiger partial charge in [-0.25, -0.2) is 4.98 Å². The Morgan fingerprint density at radius 1 is 1.67 bits per heavy atom. The first kappa shape index (κ1) is 10.2. The first-order chi connectivity index (χ1) is 7.27. The molecule has 0 bridgehead atoms. The molecule has 2 rings (SSSR count). The van der Waals surface area contributed by atoms with Crippen LogP contribution in [0, 0.1) is 0 Å². The number of fused-ring (bicyclic) bond motifs is 1. The summed E-state index contributed by atoms with van der Waals surface area (Å²) < 4.78 is 1.83. The van der Waals surface area contributed by atoms with Crippen molar-refractivity contribution in [2.75, 3.05) is 18.5 Å². The highest BCUT2D eigenvalue weighted by molar-refractivity contribution is 7.15. The molecule has 0 radical (unpaired) electrons. The molecule has 4 nitrogen and oxygen atoms in total. The van der Waals surface area contributed by atoms with E-state index in [1.807, 2.05) is 27.9 Å². The summed E-state index contributed by atoms with van der Waals surface area (Å²) in [5.74, 6) is 0.777. The SMILES string of the molecule is CCCN(C)c1nc2sccn2c1C=O. The number of carbonyl (C=O) groups is 1. The van der Waals surface area contributed by atoms with E-state index >= 15 is 0 Å². The van der Waals surface area contributed by atoms with Crippen molar-refractivity contribution in [1.82, 2.24) is 9.38 Å². The van der Waals surface area contributed by atoms with E-state index in [4.69, 9.17) is 0 Å². The van der Waals surface area contributed by atoms with Gasteiger partial charge in [-0.05, 0) is 6.42 Å². The third kappa shape index (κ3) is 1.63. The van der Waals surface area contributed by atoms with Crippen molar-refractivity contribution in [3.8, 4) is 0 Å². The minimum Gasteiger partial charge on any atom is -0.358 e. The van der Waals surface area contributed by atoms with Gasteiger partial charge >= 0.3 is 0 Å². The molecule has 0 aliphatic heterocycles. The summed E-state index contributed by atoms with van der Waals surface area (Å²) in [5, 5.41) is 1.93. The molecule has 0 saturated heterocycles. The summed E-state index contributed by atoms with van der Waals surface area (Å²) in [7, 11) is 1.96. The Hall–Kier alpha value is -1.36. The van der Waals surface area contributed by atoms with Crippen LogP contribution in [0.25, 0.3) is 4.96 Å². The van der Waals surface area contributed by atoms with Crippen LogP contribution in [0.3, 0.4) is 0 Å². The maximum atomic E-state index is 11.0. The fraction of sp³-hybridized carbons (Fsp3) is 0.400. The molecular formula is C10H13N3OS. The molecular weight excluding hydrogens is 210 g/mol. The molecule has 0 aliphatic rings. The highest BCUT2D eigenvalue weighted by Crippen LogP contribution is 2.22. The zero-order chi connectivity index (χ0) is 10.8. The lowest BCUT2D eigenvalue weighted by Gasteiger charge is -2.15. The number of nitrogens with zero attached hydrogens (tertiary/aromatic N) is 3. The fourth-order valence-corrected chi connectivity index (χ4v) is 2.34. The summed E-state index contributed by atoms with van der Waals surface area (Å²) >= 11 is 1.54. The average Bonchev–Trinajstić information content (AvgIpc) is 2.76. The van der Waals surface area contributed by atoms with Gasteiger partial charge in [0, 0.05) is 25.2 Å². The van der Waals surface area contributed by atoms with Gasteiger partial charge in [-0.15, -0.1) is 11.3 Å². The Labute approximate surface area is 92.2 Å². The molecule has 0 aliphatic carbocycles. The number of carbonyl (C=O) groups excluding carboxylic acids is 1. The highest BCUT2D eigenvalue weighted by Gasteiger charge is 2.14. The minimum atomic E-state index is 0.641. The predicted molar refractivity (Wildman–Crippen MR) is 62.0 cm³/mol. The Morgan fingerprint density at radius 3 is 3.13 bits per heavy atom. The second-order valence-electron chi connectivity index (χ2n) is 3.42. The summed E-state index contributed by atoms with van der Waals surface area (Å²) in [6, 6.07) is 0.